The van der Waals surface area contributed by atoms with Crippen LogP contribution in [-0.4, -0.2) is 36.3 Å². The van der Waals surface area contributed by atoms with Crippen molar-refractivity contribution in [2.45, 2.75) is 58.3 Å². The van der Waals surface area contributed by atoms with Crippen LogP contribution in [0.25, 0.3) is 0 Å². The van der Waals surface area contributed by atoms with Crippen LogP contribution in [0.5, 0.6) is 0 Å². The van der Waals surface area contributed by atoms with E-state index in [1.54, 1.807) is 0 Å². The van der Waals surface area contributed by atoms with Gasteiger partial charge >= 0.3 is 19.8 Å². The van der Waals surface area contributed by atoms with Crippen LogP contribution in [0.15, 0.2) is 0 Å². The van der Waals surface area contributed by atoms with Gasteiger partial charge in [0.15, 0.2) is 0 Å². The zero-order chi connectivity index (χ0) is 9.99. The first-order valence-electron chi connectivity index (χ1n) is 4.85. The van der Waals surface area contributed by atoms with Crippen LogP contribution < -0.4 is 0 Å². The van der Waals surface area contributed by atoms with Crippen molar-refractivity contribution in [3.8, 4) is 0 Å². The summed E-state index contributed by atoms with van der Waals surface area (Å²) in [5.41, 5.74) is 0. The summed E-state index contributed by atoms with van der Waals surface area (Å²) in [5.74, 6) is 0. The van der Waals surface area contributed by atoms with E-state index in [1.165, 1.54) is 6.16 Å². The molecule has 0 spiro atoms. The van der Waals surface area contributed by atoms with Gasteiger partial charge in [0.1, 0.15) is 0 Å². The molecule has 0 aliphatic heterocycles. The third-order valence-electron chi connectivity index (χ3n) is 2.24. The van der Waals surface area contributed by atoms with E-state index in [9.17, 15) is 0 Å². The minimum Gasteiger partial charge on any atom is -0.358 e. The van der Waals surface area contributed by atoms with Gasteiger partial charge in [0, 0.05) is 14.1 Å². The Kier molecular flexibility index (Phi) is 15.3. The molecule has 0 aromatic rings. The summed E-state index contributed by atoms with van der Waals surface area (Å²) >= 11 is 0. The van der Waals surface area contributed by atoms with Crippen LogP contribution in [0, 0.1) is 21.8 Å². The largest absolute Gasteiger partial charge is 3.00 e. The molecule has 0 N–H and O–H groups in total. The smallest absolute Gasteiger partial charge is 0.358 e. The van der Waals surface area contributed by atoms with Gasteiger partial charge in [-0.1, -0.05) is 0 Å². The van der Waals surface area contributed by atoms with Crippen molar-refractivity contribution in [1.29, 1.82) is 0 Å². The fourth-order valence-electron chi connectivity index (χ4n) is 2.05. The summed E-state index contributed by atoms with van der Waals surface area (Å²) in [7, 11) is -0.289. The Balaban J connectivity index is -0.000000202. The Morgan fingerprint density at radius 2 is 1.13 bits per heavy atom. The van der Waals surface area contributed by atoms with Gasteiger partial charge in [-0.2, -0.15) is 0 Å². The molecule has 0 atom stereocenters. The number of hydrogen-bond donors (Lipinski definition) is 0. The zero-order valence-corrected chi connectivity index (χ0v) is 15.6. The molecular formula is C13H31GaP+. The maximum atomic E-state index is 3.98. The van der Waals surface area contributed by atoms with Gasteiger partial charge in [0.2, 0.25) is 0 Å². The van der Waals surface area contributed by atoms with Crippen LogP contribution in [-0.2, 0) is 0 Å². The summed E-state index contributed by atoms with van der Waals surface area (Å²) in [6, 6.07) is 0. The molecule has 0 amide bonds. The molecule has 0 saturated carbocycles. The molecule has 0 nitrogen and oxygen atoms in total. The fourth-order valence-corrected chi connectivity index (χ4v) is 6.16. The Morgan fingerprint density at radius 1 is 0.867 bits per heavy atom. The average molecular weight is 288 g/mol. The van der Waals surface area contributed by atoms with Gasteiger partial charge in [-0.05, 0) is 41.5 Å². The molecule has 0 aliphatic carbocycles. The van der Waals surface area contributed by atoms with Crippen molar-refractivity contribution < 1.29 is 0 Å². The third-order valence-corrected chi connectivity index (χ3v) is 6.71. The Labute approximate surface area is 114 Å². The summed E-state index contributed by atoms with van der Waals surface area (Å²) in [6.45, 7) is 18.2. The van der Waals surface area contributed by atoms with E-state index < -0.39 is 0 Å². The minimum atomic E-state index is -0.289. The molecule has 0 fully saturated rings. The molecule has 15 heavy (non-hydrogen) atoms. The van der Waals surface area contributed by atoms with Gasteiger partial charge in [-0.25, -0.2) is 0 Å². The molecule has 90 valence electrons. The van der Waals surface area contributed by atoms with Crippen LogP contribution in [0.4, 0.5) is 0 Å². The summed E-state index contributed by atoms with van der Waals surface area (Å²) < 4.78 is 0. The molecule has 0 aromatic carbocycles. The van der Waals surface area contributed by atoms with E-state index in [2.05, 4.69) is 48.5 Å². The standard InChI is InChI=1S/C11H24P.2CH3.Ga/c1-8-9-12(10(2,3)4)11(5,6)7;;;/h1,8-9H2,2-7H3;2*1H3;/q3*-1;+3/p+1. The van der Waals surface area contributed by atoms with Crippen molar-refractivity contribution in [1.82, 2.24) is 0 Å². The van der Waals surface area contributed by atoms with Crippen molar-refractivity contribution in [3.05, 3.63) is 21.8 Å². The van der Waals surface area contributed by atoms with E-state index >= 15 is 0 Å². The van der Waals surface area contributed by atoms with Gasteiger partial charge in [-0.3, -0.25) is 0 Å². The van der Waals surface area contributed by atoms with E-state index in [0.29, 0.717) is 10.3 Å². The predicted molar refractivity (Wildman–Crippen MR) is 81.2 cm³/mol. The second-order valence-electron chi connectivity index (χ2n) is 5.58. The molecule has 2 heteroatoms. The van der Waals surface area contributed by atoms with Crippen molar-refractivity contribution >= 4 is 27.7 Å². The summed E-state index contributed by atoms with van der Waals surface area (Å²) in [4.78, 5) is 0. The molecule has 0 rings (SSSR count). The first-order valence-corrected chi connectivity index (χ1v) is 6.56. The monoisotopic (exact) mass is 287 g/mol. The summed E-state index contributed by atoms with van der Waals surface area (Å²) in [6.07, 6.45) is 2.44. The molecule has 0 radical (unpaired) electrons. The van der Waals surface area contributed by atoms with Crippen molar-refractivity contribution in [2.24, 2.45) is 0 Å². The van der Waals surface area contributed by atoms with E-state index in [0.717, 1.165) is 6.42 Å². The van der Waals surface area contributed by atoms with Crippen LogP contribution in [0.3, 0.4) is 0 Å². The SMILES string of the molecule is [CH2-]CC[PH+](C(C)(C)C)C(C)(C)C.[CH3-].[CH3-].[Ga+3]. The van der Waals surface area contributed by atoms with Crippen LogP contribution >= 0.6 is 7.92 Å². The molecule has 0 saturated heterocycles. The van der Waals surface area contributed by atoms with Crippen LogP contribution in [0.1, 0.15) is 48.0 Å². The van der Waals surface area contributed by atoms with Gasteiger partial charge in [0.05, 0.1) is 10.3 Å². The molecule has 0 aliphatic rings. The number of hydrogen-bond acceptors (Lipinski definition) is 0. The van der Waals surface area contributed by atoms with Crippen molar-refractivity contribution in [2.75, 3.05) is 6.16 Å². The first-order chi connectivity index (χ1) is 5.19. The van der Waals surface area contributed by atoms with E-state index in [-0.39, 0.29) is 42.6 Å². The molecule has 0 bridgehead atoms. The maximum absolute atomic E-state index is 3.98. The molecular weight excluding hydrogens is 257 g/mol. The van der Waals surface area contributed by atoms with Crippen molar-refractivity contribution in [3.63, 3.8) is 0 Å². The normalized spacial score (nSPS) is 11.2. The van der Waals surface area contributed by atoms with Gasteiger partial charge in [-0.15, -0.1) is 6.42 Å². The van der Waals surface area contributed by atoms with E-state index in [1.807, 2.05) is 0 Å². The molecule has 0 heterocycles. The Hall–Kier alpha value is 1.07. The van der Waals surface area contributed by atoms with E-state index in [4.69, 9.17) is 0 Å². The Bertz CT molecular complexity index is 116. The molecule has 0 unspecified atom stereocenters. The fraction of sp³-hybridized carbons (Fsp3) is 0.769. The number of rotatable bonds is 2. The van der Waals surface area contributed by atoms with Gasteiger partial charge < -0.3 is 21.8 Å². The second kappa shape index (κ2) is 9.13. The minimum absolute atomic E-state index is 0. The quantitative estimate of drug-likeness (QED) is 0.397. The molecule has 0 aromatic heterocycles. The first kappa shape index (κ1) is 25.0. The van der Waals surface area contributed by atoms with Gasteiger partial charge in [0.25, 0.3) is 0 Å². The predicted octanol–water partition coefficient (Wildman–Crippen LogP) is 4.54. The Morgan fingerprint density at radius 3 is 1.20 bits per heavy atom. The zero-order valence-electron chi connectivity index (χ0n) is 12.2. The summed E-state index contributed by atoms with van der Waals surface area (Å²) in [5, 5.41) is 1.03. The maximum Gasteiger partial charge on any atom is 3.00 e. The average Bonchev–Trinajstić information content (AvgIpc) is 1.77. The second-order valence-corrected chi connectivity index (χ2v) is 10.0. The third kappa shape index (κ3) is 9.97. The topological polar surface area (TPSA) is 0 Å². The van der Waals surface area contributed by atoms with Crippen LogP contribution in [0.2, 0.25) is 0 Å².